The van der Waals surface area contributed by atoms with E-state index < -0.39 is 0 Å². The predicted octanol–water partition coefficient (Wildman–Crippen LogP) is 3.90. The summed E-state index contributed by atoms with van der Waals surface area (Å²) in [7, 11) is 0. The molecule has 0 amide bonds. The number of hydrogen-bond donors (Lipinski definition) is 2. The van der Waals surface area contributed by atoms with E-state index in [-0.39, 0.29) is 23.9 Å². The van der Waals surface area contributed by atoms with Crippen LogP contribution in [0.1, 0.15) is 31.7 Å². The Hall–Kier alpha value is -2.56. The summed E-state index contributed by atoms with van der Waals surface area (Å²) in [6.07, 6.45) is 1.04. The molecular weight excluding hydrogens is 305 g/mol. The molecule has 0 bridgehead atoms. The van der Waals surface area contributed by atoms with Gasteiger partial charge in [-0.2, -0.15) is 0 Å². The Bertz CT molecular complexity index is 728. The molecule has 1 aliphatic carbocycles. The van der Waals surface area contributed by atoms with Crippen molar-refractivity contribution in [2.24, 2.45) is 10.7 Å². The first-order chi connectivity index (χ1) is 11.5. The third kappa shape index (κ3) is 4.25. The van der Waals surface area contributed by atoms with Crippen LogP contribution in [0.4, 0.5) is 10.1 Å². The second-order valence-corrected chi connectivity index (χ2v) is 6.29. The zero-order valence-electron chi connectivity index (χ0n) is 13.9. The van der Waals surface area contributed by atoms with Crippen LogP contribution in [0.15, 0.2) is 53.5 Å². The molecule has 2 unspecified atom stereocenters. The van der Waals surface area contributed by atoms with Crippen molar-refractivity contribution < 1.29 is 9.13 Å². The number of nitrogens with one attached hydrogen (secondary N) is 1. The summed E-state index contributed by atoms with van der Waals surface area (Å²) in [5.74, 6) is 1.23. The third-order valence-electron chi connectivity index (χ3n) is 3.84. The molecule has 0 aliphatic heterocycles. The molecule has 3 rings (SSSR count). The van der Waals surface area contributed by atoms with Crippen LogP contribution in [0.2, 0.25) is 0 Å². The molecule has 2 aromatic rings. The highest BCUT2D eigenvalue weighted by Crippen LogP contribution is 2.43. The van der Waals surface area contributed by atoms with Crippen molar-refractivity contribution in [1.82, 2.24) is 0 Å². The molecule has 1 aliphatic rings. The number of benzene rings is 2. The van der Waals surface area contributed by atoms with E-state index in [1.165, 1.54) is 6.07 Å². The molecule has 1 fully saturated rings. The molecule has 2 aromatic carbocycles. The van der Waals surface area contributed by atoms with Crippen LogP contribution in [-0.4, -0.2) is 18.1 Å². The standard InChI is InChI=1S/C19H22FN3O/c1-12(2)24-16-8-6-15(7-9-16)22-19(21)23-18-11-17(18)13-4-3-5-14(20)10-13/h3-10,12,17-18H,11H2,1-2H3,(H3,21,22,23). The van der Waals surface area contributed by atoms with E-state index in [9.17, 15) is 4.39 Å². The minimum absolute atomic E-state index is 0.114. The summed E-state index contributed by atoms with van der Waals surface area (Å²) < 4.78 is 18.9. The fourth-order valence-electron chi connectivity index (χ4n) is 2.67. The summed E-state index contributed by atoms with van der Waals surface area (Å²) in [6.45, 7) is 3.98. The summed E-state index contributed by atoms with van der Waals surface area (Å²) in [6, 6.07) is 14.4. The van der Waals surface area contributed by atoms with Crippen LogP contribution >= 0.6 is 0 Å². The smallest absolute Gasteiger partial charge is 0.193 e. The fourth-order valence-corrected chi connectivity index (χ4v) is 2.67. The fraction of sp³-hybridized carbons (Fsp3) is 0.316. The molecule has 2 atom stereocenters. The average Bonchev–Trinajstić information content (AvgIpc) is 3.28. The topological polar surface area (TPSA) is 59.6 Å². The van der Waals surface area contributed by atoms with E-state index in [4.69, 9.17) is 10.5 Å². The molecule has 0 aromatic heterocycles. The van der Waals surface area contributed by atoms with Crippen molar-refractivity contribution in [3.63, 3.8) is 0 Å². The number of aliphatic imine (C=N–C) groups is 1. The Morgan fingerprint density at radius 1 is 1.25 bits per heavy atom. The van der Waals surface area contributed by atoms with Gasteiger partial charge in [-0.05, 0) is 62.2 Å². The molecule has 4 nitrogen and oxygen atoms in total. The highest BCUT2D eigenvalue weighted by Gasteiger charge is 2.38. The second-order valence-electron chi connectivity index (χ2n) is 6.29. The second kappa shape index (κ2) is 6.91. The number of nitrogens with two attached hydrogens (primary N) is 1. The minimum atomic E-state index is -0.211. The molecule has 0 saturated heterocycles. The number of nitrogens with zero attached hydrogens (tertiary/aromatic N) is 1. The average molecular weight is 327 g/mol. The monoisotopic (exact) mass is 327 g/mol. The van der Waals surface area contributed by atoms with Gasteiger partial charge in [-0.1, -0.05) is 12.1 Å². The largest absolute Gasteiger partial charge is 0.491 e. The summed E-state index contributed by atoms with van der Waals surface area (Å²) in [5.41, 5.74) is 7.80. The molecule has 1 saturated carbocycles. The van der Waals surface area contributed by atoms with Gasteiger partial charge in [0.1, 0.15) is 11.6 Å². The summed E-state index contributed by atoms with van der Waals surface area (Å²) >= 11 is 0. The Morgan fingerprint density at radius 2 is 2.00 bits per heavy atom. The van der Waals surface area contributed by atoms with E-state index in [1.807, 2.05) is 44.2 Å². The van der Waals surface area contributed by atoms with Crippen molar-refractivity contribution in [3.8, 4) is 5.75 Å². The Kier molecular flexibility index (Phi) is 4.69. The third-order valence-corrected chi connectivity index (χ3v) is 3.84. The van der Waals surface area contributed by atoms with E-state index in [1.54, 1.807) is 12.1 Å². The Labute approximate surface area is 141 Å². The molecule has 0 heterocycles. The number of halogens is 1. The SMILES string of the molecule is CC(C)Oc1ccc(NC(N)=NC2CC2c2cccc(F)c2)cc1. The number of ether oxygens (including phenoxy) is 1. The molecular formula is C19H22FN3O. The van der Waals surface area contributed by atoms with Gasteiger partial charge >= 0.3 is 0 Å². The molecule has 0 radical (unpaired) electrons. The normalized spacial score (nSPS) is 20.1. The van der Waals surface area contributed by atoms with E-state index in [0.717, 1.165) is 23.4 Å². The predicted molar refractivity (Wildman–Crippen MR) is 95.0 cm³/mol. The number of anilines is 1. The molecule has 126 valence electrons. The zero-order valence-corrected chi connectivity index (χ0v) is 13.9. The number of guanidine groups is 1. The lowest BCUT2D eigenvalue weighted by molar-refractivity contribution is 0.242. The van der Waals surface area contributed by atoms with Crippen LogP contribution in [0.25, 0.3) is 0 Å². The van der Waals surface area contributed by atoms with Gasteiger partial charge in [-0.3, -0.25) is 0 Å². The maximum atomic E-state index is 13.3. The van der Waals surface area contributed by atoms with E-state index in [0.29, 0.717) is 5.96 Å². The van der Waals surface area contributed by atoms with Gasteiger partial charge in [-0.25, -0.2) is 9.38 Å². The van der Waals surface area contributed by atoms with Crippen LogP contribution in [0.5, 0.6) is 5.75 Å². The quantitative estimate of drug-likeness (QED) is 0.647. The first kappa shape index (κ1) is 16.3. The minimum Gasteiger partial charge on any atom is -0.491 e. The van der Waals surface area contributed by atoms with Crippen molar-refractivity contribution in [2.75, 3.05) is 5.32 Å². The first-order valence-corrected chi connectivity index (χ1v) is 8.14. The van der Waals surface area contributed by atoms with Crippen molar-refractivity contribution in [1.29, 1.82) is 0 Å². The van der Waals surface area contributed by atoms with Crippen LogP contribution in [0.3, 0.4) is 0 Å². The lowest BCUT2D eigenvalue weighted by Gasteiger charge is -2.11. The molecule has 0 spiro atoms. The van der Waals surface area contributed by atoms with Gasteiger partial charge in [-0.15, -0.1) is 0 Å². The van der Waals surface area contributed by atoms with Crippen LogP contribution in [0, 0.1) is 5.82 Å². The highest BCUT2D eigenvalue weighted by molar-refractivity contribution is 5.92. The maximum Gasteiger partial charge on any atom is 0.193 e. The molecule has 3 N–H and O–H groups in total. The zero-order chi connectivity index (χ0) is 17.1. The van der Waals surface area contributed by atoms with Gasteiger partial charge in [0, 0.05) is 11.6 Å². The lowest BCUT2D eigenvalue weighted by atomic mass is 10.1. The van der Waals surface area contributed by atoms with E-state index in [2.05, 4.69) is 10.3 Å². The number of rotatable bonds is 5. The van der Waals surface area contributed by atoms with Crippen LogP contribution in [-0.2, 0) is 0 Å². The first-order valence-electron chi connectivity index (χ1n) is 8.14. The number of hydrogen-bond acceptors (Lipinski definition) is 2. The molecule has 5 heteroatoms. The van der Waals surface area contributed by atoms with Crippen molar-refractivity contribution in [2.45, 2.75) is 38.3 Å². The van der Waals surface area contributed by atoms with Crippen molar-refractivity contribution in [3.05, 3.63) is 59.9 Å². The van der Waals surface area contributed by atoms with Crippen LogP contribution < -0.4 is 15.8 Å². The maximum absolute atomic E-state index is 13.3. The summed E-state index contributed by atoms with van der Waals surface area (Å²) in [5, 5.41) is 3.08. The van der Waals surface area contributed by atoms with Gasteiger partial charge in [0.2, 0.25) is 0 Å². The molecule has 24 heavy (non-hydrogen) atoms. The Morgan fingerprint density at radius 3 is 2.67 bits per heavy atom. The van der Waals surface area contributed by atoms with Gasteiger partial charge < -0.3 is 15.8 Å². The highest BCUT2D eigenvalue weighted by atomic mass is 19.1. The van der Waals surface area contributed by atoms with Gasteiger partial charge in [0.25, 0.3) is 0 Å². The van der Waals surface area contributed by atoms with Gasteiger partial charge in [0.05, 0.1) is 12.1 Å². The van der Waals surface area contributed by atoms with Crippen molar-refractivity contribution >= 4 is 11.6 Å². The van der Waals surface area contributed by atoms with E-state index >= 15 is 0 Å². The Balaban J connectivity index is 1.57. The van der Waals surface area contributed by atoms with Gasteiger partial charge in [0.15, 0.2) is 5.96 Å². The summed E-state index contributed by atoms with van der Waals surface area (Å²) in [4.78, 5) is 4.47. The lowest BCUT2D eigenvalue weighted by Crippen LogP contribution is -2.23.